The predicted octanol–water partition coefficient (Wildman–Crippen LogP) is 5.50. The molecule has 21 heavy (non-hydrogen) atoms. The van der Waals surface area contributed by atoms with Crippen LogP contribution in [0.3, 0.4) is 0 Å². The largest absolute Gasteiger partial charge is 0.352 e. The molecule has 0 fully saturated rings. The Hall–Kier alpha value is -0.670. The average molecular weight is 328 g/mol. The molecule has 1 N–H and O–H groups in total. The monoisotopic (exact) mass is 327 g/mol. The number of nitrogens with one attached hydrogen (secondary N) is 1. The summed E-state index contributed by atoms with van der Waals surface area (Å²) >= 11 is 10.2. The van der Waals surface area contributed by atoms with Crippen molar-refractivity contribution < 1.29 is 4.79 Å². The lowest BCUT2D eigenvalue weighted by Gasteiger charge is -2.07. The fourth-order valence-electron chi connectivity index (χ4n) is 2.24. The molecule has 0 unspecified atom stereocenters. The molecular weight excluding hydrogens is 302 g/mol. The maximum absolute atomic E-state index is 12.0. The molecule has 0 aliphatic heterocycles. The van der Waals surface area contributed by atoms with Gasteiger partial charge in [0.15, 0.2) is 0 Å². The van der Waals surface area contributed by atoms with Crippen LogP contribution in [0, 0.1) is 0 Å². The van der Waals surface area contributed by atoms with Gasteiger partial charge in [0, 0.05) is 11.4 Å². The summed E-state index contributed by atoms with van der Waals surface area (Å²) in [6.07, 6.45) is 10.1. The molecule has 1 aromatic rings. The van der Waals surface area contributed by atoms with E-state index in [-0.39, 0.29) is 5.91 Å². The first kappa shape index (κ1) is 18.4. The van der Waals surface area contributed by atoms with Gasteiger partial charge in [-0.25, -0.2) is 0 Å². The highest BCUT2D eigenvalue weighted by Gasteiger charge is 2.09. The molecule has 1 amide bonds. The molecule has 0 aliphatic carbocycles. The summed E-state index contributed by atoms with van der Waals surface area (Å²) in [6.45, 7) is 2.94. The van der Waals surface area contributed by atoms with E-state index in [1.165, 1.54) is 44.9 Å². The number of carbonyl (C=O) groups is 1. The van der Waals surface area contributed by atoms with Crippen LogP contribution in [-0.4, -0.2) is 12.5 Å². The summed E-state index contributed by atoms with van der Waals surface area (Å²) in [4.78, 5) is 12.7. The summed E-state index contributed by atoms with van der Waals surface area (Å²) in [7, 11) is 0. The van der Waals surface area contributed by atoms with E-state index < -0.39 is 0 Å². The fraction of sp³-hybridized carbons (Fsp3) is 0.588. The van der Waals surface area contributed by atoms with E-state index in [0.29, 0.717) is 17.1 Å². The van der Waals surface area contributed by atoms with E-state index in [9.17, 15) is 4.79 Å². The smallest absolute Gasteiger partial charge is 0.252 e. The van der Waals surface area contributed by atoms with Crippen LogP contribution >= 0.6 is 24.2 Å². The number of halogens is 1. The molecule has 2 nitrogen and oxygen atoms in total. The Bertz CT molecular complexity index is 437. The Labute approximate surface area is 139 Å². The first-order valence-electron chi connectivity index (χ1n) is 7.92. The third kappa shape index (κ3) is 7.77. The minimum absolute atomic E-state index is 0.112. The molecule has 4 heteroatoms. The van der Waals surface area contributed by atoms with Crippen LogP contribution in [0.5, 0.6) is 0 Å². The zero-order chi connectivity index (χ0) is 15.5. The van der Waals surface area contributed by atoms with E-state index >= 15 is 0 Å². The molecule has 118 valence electrons. The Morgan fingerprint density at radius 2 is 1.71 bits per heavy atom. The standard InChI is InChI=1S/C17H26ClNOS/c1-2-3-4-5-6-7-8-9-12-19-17(20)15-13-14(21)10-11-16(15)18/h10-11,13,21H,2-9,12H2,1H3,(H,19,20). The number of thiol groups is 1. The van der Waals surface area contributed by atoms with E-state index in [2.05, 4.69) is 24.9 Å². The summed E-state index contributed by atoms with van der Waals surface area (Å²) < 4.78 is 0. The minimum Gasteiger partial charge on any atom is -0.352 e. The van der Waals surface area contributed by atoms with Crippen LogP contribution in [0.2, 0.25) is 5.02 Å². The lowest BCUT2D eigenvalue weighted by atomic mass is 10.1. The van der Waals surface area contributed by atoms with Crippen LogP contribution in [0.1, 0.15) is 68.6 Å². The maximum atomic E-state index is 12.0. The van der Waals surface area contributed by atoms with Gasteiger partial charge in [0.25, 0.3) is 5.91 Å². The third-order valence-electron chi connectivity index (χ3n) is 3.51. The van der Waals surface area contributed by atoms with Gasteiger partial charge < -0.3 is 5.32 Å². The van der Waals surface area contributed by atoms with Gasteiger partial charge in [0.1, 0.15) is 0 Å². The Morgan fingerprint density at radius 3 is 2.38 bits per heavy atom. The first-order valence-corrected chi connectivity index (χ1v) is 8.74. The van der Waals surface area contributed by atoms with Crippen LogP contribution < -0.4 is 5.32 Å². The lowest BCUT2D eigenvalue weighted by molar-refractivity contribution is 0.0953. The lowest BCUT2D eigenvalue weighted by Crippen LogP contribution is -2.24. The van der Waals surface area contributed by atoms with Crippen molar-refractivity contribution in [2.45, 2.75) is 63.2 Å². The van der Waals surface area contributed by atoms with Crippen LogP contribution in [0.25, 0.3) is 0 Å². The van der Waals surface area contributed by atoms with Crippen LogP contribution in [-0.2, 0) is 0 Å². The molecule has 0 saturated carbocycles. The van der Waals surface area contributed by atoms with Crippen molar-refractivity contribution in [1.29, 1.82) is 0 Å². The zero-order valence-corrected chi connectivity index (χ0v) is 14.5. The second kappa shape index (κ2) is 11.0. The fourth-order valence-corrected chi connectivity index (χ4v) is 2.65. The van der Waals surface area contributed by atoms with Gasteiger partial charge in [-0.2, -0.15) is 0 Å². The summed E-state index contributed by atoms with van der Waals surface area (Å²) in [5.74, 6) is -0.112. The highest BCUT2D eigenvalue weighted by atomic mass is 35.5. The van der Waals surface area contributed by atoms with Gasteiger partial charge in [-0.15, -0.1) is 12.6 Å². The van der Waals surface area contributed by atoms with E-state index in [1.54, 1.807) is 18.2 Å². The number of carbonyl (C=O) groups excluding carboxylic acids is 1. The number of hydrogen-bond donors (Lipinski definition) is 2. The number of benzene rings is 1. The SMILES string of the molecule is CCCCCCCCCCNC(=O)c1cc(S)ccc1Cl. The zero-order valence-electron chi connectivity index (χ0n) is 12.8. The molecule has 0 spiro atoms. The van der Waals surface area contributed by atoms with E-state index in [1.807, 2.05) is 0 Å². The van der Waals surface area contributed by atoms with Crippen molar-refractivity contribution in [3.05, 3.63) is 28.8 Å². The van der Waals surface area contributed by atoms with Crippen molar-refractivity contribution in [2.75, 3.05) is 6.54 Å². The van der Waals surface area contributed by atoms with Gasteiger partial charge in [0.2, 0.25) is 0 Å². The molecule has 0 radical (unpaired) electrons. The Kier molecular flexibility index (Phi) is 9.60. The van der Waals surface area contributed by atoms with Crippen molar-refractivity contribution in [3.63, 3.8) is 0 Å². The second-order valence-corrected chi connectivity index (χ2v) is 6.32. The van der Waals surface area contributed by atoms with Gasteiger partial charge in [-0.05, 0) is 24.6 Å². The Morgan fingerprint density at radius 1 is 1.10 bits per heavy atom. The number of rotatable bonds is 10. The number of amides is 1. The van der Waals surface area contributed by atoms with Crippen molar-refractivity contribution in [3.8, 4) is 0 Å². The van der Waals surface area contributed by atoms with Gasteiger partial charge in [-0.1, -0.05) is 63.5 Å². The summed E-state index contributed by atoms with van der Waals surface area (Å²) in [5.41, 5.74) is 0.503. The number of hydrogen-bond acceptors (Lipinski definition) is 2. The first-order chi connectivity index (χ1) is 10.1. The summed E-state index contributed by atoms with van der Waals surface area (Å²) in [6, 6.07) is 5.18. The van der Waals surface area contributed by atoms with Gasteiger partial charge in [-0.3, -0.25) is 4.79 Å². The molecule has 0 aliphatic rings. The van der Waals surface area contributed by atoms with E-state index in [4.69, 9.17) is 11.6 Å². The average Bonchev–Trinajstić information content (AvgIpc) is 2.48. The predicted molar refractivity (Wildman–Crippen MR) is 93.6 cm³/mol. The molecule has 0 bridgehead atoms. The topological polar surface area (TPSA) is 29.1 Å². The van der Waals surface area contributed by atoms with Crippen LogP contribution in [0.4, 0.5) is 0 Å². The molecule has 0 aromatic heterocycles. The minimum atomic E-state index is -0.112. The summed E-state index contributed by atoms with van der Waals surface area (Å²) in [5, 5.41) is 3.39. The quantitative estimate of drug-likeness (QED) is 0.431. The molecule has 0 atom stereocenters. The molecule has 1 aromatic carbocycles. The highest BCUT2D eigenvalue weighted by Crippen LogP contribution is 2.19. The van der Waals surface area contributed by atoms with Crippen molar-refractivity contribution in [2.24, 2.45) is 0 Å². The second-order valence-electron chi connectivity index (χ2n) is 5.39. The molecule has 0 saturated heterocycles. The Balaban J connectivity index is 2.12. The van der Waals surface area contributed by atoms with Gasteiger partial charge >= 0.3 is 0 Å². The van der Waals surface area contributed by atoms with Crippen molar-refractivity contribution >= 4 is 30.1 Å². The number of unbranched alkanes of at least 4 members (excludes halogenated alkanes) is 7. The molecule has 1 rings (SSSR count). The third-order valence-corrected chi connectivity index (χ3v) is 4.12. The van der Waals surface area contributed by atoms with Crippen LogP contribution in [0.15, 0.2) is 23.1 Å². The highest BCUT2D eigenvalue weighted by molar-refractivity contribution is 7.80. The van der Waals surface area contributed by atoms with Crippen molar-refractivity contribution in [1.82, 2.24) is 5.32 Å². The maximum Gasteiger partial charge on any atom is 0.252 e. The molecular formula is C17H26ClNOS. The normalized spacial score (nSPS) is 10.6. The molecule has 0 heterocycles. The van der Waals surface area contributed by atoms with E-state index in [0.717, 1.165) is 11.3 Å². The van der Waals surface area contributed by atoms with Gasteiger partial charge in [0.05, 0.1) is 10.6 Å².